The van der Waals surface area contributed by atoms with Crippen molar-refractivity contribution >= 4 is 38.5 Å². The molecule has 0 bridgehead atoms. The lowest BCUT2D eigenvalue weighted by Gasteiger charge is -2.19. The van der Waals surface area contributed by atoms with Crippen LogP contribution < -0.4 is 5.32 Å². The van der Waals surface area contributed by atoms with Crippen molar-refractivity contribution in [2.24, 2.45) is 0 Å². The van der Waals surface area contributed by atoms with Crippen LogP contribution in [0.3, 0.4) is 0 Å². The van der Waals surface area contributed by atoms with Crippen LogP contribution in [0.1, 0.15) is 24.2 Å². The number of fused-ring (bicyclic) bond motifs is 4. The van der Waals surface area contributed by atoms with Gasteiger partial charge in [0.2, 0.25) is 5.91 Å². The van der Waals surface area contributed by atoms with Gasteiger partial charge < -0.3 is 10.3 Å². The molecule has 2 heterocycles. The van der Waals surface area contributed by atoms with Gasteiger partial charge in [-0.2, -0.15) is 0 Å². The fourth-order valence-corrected chi connectivity index (χ4v) is 4.21. The standard InChI is InChI=1S/C25H21N3O/c1-16(29)27-23(15-18-9-6-8-17-7-2-3-10-19(17)18)25-24-21(13-14-26-25)20-11-4-5-12-22(20)28-24/h2-14,23,28H,15H2,1H3,(H,27,29)/t23-/m1/s1. The molecule has 0 saturated carbocycles. The van der Waals surface area contributed by atoms with Gasteiger partial charge in [-0.15, -0.1) is 0 Å². The molecule has 142 valence electrons. The Morgan fingerprint density at radius 1 is 0.931 bits per heavy atom. The number of amides is 1. The number of para-hydroxylation sites is 1. The first kappa shape index (κ1) is 17.4. The molecule has 0 radical (unpaired) electrons. The lowest BCUT2D eigenvalue weighted by molar-refractivity contribution is -0.119. The average Bonchev–Trinajstić information content (AvgIpc) is 3.12. The fourth-order valence-electron chi connectivity index (χ4n) is 4.21. The summed E-state index contributed by atoms with van der Waals surface area (Å²) >= 11 is 0. The van der Waals surface area contributed by atoms with Crippen LogP contribution in [0.25, 0.3) is 32.6 Å². The molecule has 4 heteroatoms. The summed E-state index contributed by atoms with van der Waals surface area (Å²) in [6.07, 6.45) is 2.50. The highest BCUT2D eigenvalue weighted by Gasteiger charge is 2.20. The topological polar surface area (TPSA) is 57.8 Å². The maximum Gasteiger partial charge on any atom is 0.217 e. The monoisotopic (exact) mass is 379 g/mol. The van der Waals surface area contributed by atoms with Crippen molar-refractivity contribution in [1.29, 1.82) is 0 Å². The lowest BCUT2D eigenvalue weighted by atomic mass is 9.96. The Bertz CT molecular complexity index is 1350. The summed E-state index contributed by atoms with van der Waals surface area (Å²) < 4.78 is 0. The molecule has 0 aliphatic carbocycles. The third-order valence-corrected chi connectivity index (χ3v) is 5.47. The number of nitrogens with zero attached hydrogens (tertiary/aromatic N) is 1. The molecular weight excluding hydrogens is 358 g/mol. The Morgan fingerprint density at radius 2 is 1.69 bits per heavy atom. The summed E-state index contributed by atoms with van der Waals surface area (Å²) in [6.45, 7) is 1.56. The summed E-state index contributed by atoms with van der Waals surface area (Å²) in [7, 11) is 0. The number of aromatic amines is 1. The molecule has 0 unspecified atom stereocenters. The van der Waals surface area contributed by atoms with Gasteiger partial charge in [0.15, 0.2) is 0 Å². The zero-order chi connectivity index (χ0) is 19.8. The van der Waals surface area contributed by atoms with Crippen LogP contribution in [-0.4, -0.2) is 15.9 Å². The summed E-state index contributed by atoms with van der Waals surface area (Å²) in [5.74, 6) is -0.0647. The van der Waals surface area contributed by atoms with Crippen LogP contribution in [0.4, 0.5) is 0 Å². The van der Waals surface area contributed by atoms with Gasteiger partial charge in [0.25, 0.3) is 0 Å². The van der Waals surface area contributed by atoms with Gasteiger partial charge in [-0.05, 0) is 34.9 Å². The van der Waals surface area contributed by atoms with E-state index in [0.29, 0.717) is 6.42 Å². The number of rotatable bonds is 4. The van der Waals surface area contributed by atoms with Crippen LogP contribution in [0.5, 0.6) is 0 Å². The average molecular weight is 379 g/mol. The van der Waals surface area contributed by atoms with Gasteiger partial charge in [0, 0.05) is 29.4 Å². The Hall–Kier alpha value is -3.66. The summed E-state index contributed by atoms with van der Waals surface area (Å²) in [6, 6.07) is 24.7. The highest BCUT2D eigenvalue weighted by Crippen LogP contribution is 2.31. The van der Waals surface area contributed by atoms with Crippen molar-refractivity contribution in [3.8, 4) is 0 Å². The van der Waals surface area contributed by atoms with E-state index >= 15 is 0 Å². The molecule has 1 amide bonds. The molecular formula is C25H21N3O. The van der Waals surface area contributed by atoms with Crippen molar-refractivity contribution in [3.63, 3.8) is 0 Å². The molecule has 5 rings (SSSR count). The predicted octanol–water partition coefficient (Wildman–Crippen LogP) is 5.29. The van der Waals surface area contributed by atoms with E-state index in [0.717, 1.165) is 27.5 Å². The van der Waals surface area contributed by atoms with Crippen LogP contribution in [-0.2, 0) is 11.2 Å². The quantitative estimate of drug-likeness (QED) is 0.446. The summed E-state index contributed by atoms with van der Waals surface area (Å²) in [4.78, 5) is 20.2. The number of carbonyl (C=O) groups is 1. The van der Waals surface area contributed by atoms with E-state index in [4.69, 9.17) is 0 Å². The van der Waals surface area contributed by atoms with Crippen LogP contribution in [0.15, 0.2) is 79.0 Å². The number of hydrogen-bond donors (Lipinski definition) is 2. The van der Waals surface area contributed by atoms with Crippen molar-refractivity contribution < 1.29 is 4.79 Å². The minimum Gasteiger partial charge on any atom is -0.353 e. The predicted molar refractivity (Wildman–Crippen MR) is 118 cm³/mol. The first-order chi connectivity index (χ1) is 14.2. The third kappa shape index (κ3) is 3.13. The van der Waals surface area contributed by atoms with Crippen molar-refractivity contribution in [3.05, 3.63) is 90.3 Å². The molecule has 0 aliphatic heterocycles. The molecule has 3 aromatic carbocycles. The number of pyridine rings is 1. The normalized spacial score (nSPS) is 12.4. The number of aromatic nitrogens is 2. The minimum atomic E-state index is -0.227. The Kier molecular flexibility index (Phi) is 4.24. The number of hydrogen-bond acceptors (Lipinski definition) is 2. The van der Waals surface area contributed by atoms with Gasteiger partial charge in [0.05, 0.1) is 17.3 Å². The number of H-pyrrole nitrogens is 1. The van der Waals surface area contributed by atoms with E-state index in [-0.39, 0.29) is 11.9 Å². The van der Waals surface area contributed by atoms with E-state index in [9.17, 15) is 4.79 Å². The SMILES string of the molecule is CC(=O)N[C@H](Cc1cccc2ccccc12)c1nccc2c1[nH]c1ccccc12. The minimum absolute atomic E-state index is 0.0647. The van der Waals surface area contributed by atoms with E-state index in [2.05, 4.69) is 63.8 Å². The number of nitrogens with one attached hydrogen (secondary N) is 2. The summed E-state index contributed by atoms with van der Waals surface area (Å²) in [5.41, 5.74) is 4.11. The first-order valence-electron chi connectivity index (χ1n) is 9.80. The molecule has 0 spiro atoms. The molecule has 2 aromatic heterocycles. The smallest absolute Gasteiger partial charge is 0.217 e. The molecule has 0 aliphatic rings. The van der Waals surface area contributed by atoms with Gasteiger partial charge in [-0.25, -0.2) is 0 Å². The lowest BCUT2D eigenvalue weighted by Crippen LogP contribution is -2.28. The highest BCUT2D eigenvalue weighted by molar-refractivity contribution is 6.07. The molecule has 2 N–H and O–H groups in total. The maximum atomic E-state index is 12.0. The molecule has 0 saturated heterocycles. The third-order valence-electron chi connectivity index (χ3n) is 5.47. The van der Waals surface area contributed by atoms with Crippen LogP contribution in [0.2, 0.25) is 0 Å². The largest absolute Gasteiger partial charge is 0.353 e. The van der Waals surface area contributed by atoms with E-state index in [1.165, 1.54) is 16.3 Å². The Morgan fingerprint density at radius 3 is 2.55 bits per heavy atom. The van der Waals surface area contributed by atoms with Crippen LogP contribution in [0, 0.1) is 0 Å². The van der Waals surface area contributed by atoms with E-state index in [1.807, 2.05) is 30.5 Å². The maximum absolute atomic E-state index is 12.0. The fraction of sp³-hybridized carbons (Fsp3) is 0.120. The zero-order valence-corrected chi connectivity index (χ0v) is 16.1. The number of benzene rings is 3. The van der Waals surface area contributed by atoms with Gasteiger partial charge >= 0.3 is 0 Å². The van der Waals surface area contributed by atoms with Crippen molar-refractivity contribution in [2.75, 3.05) is 0 Å². The summed E-state index contributed by atoms with van der Waals surface area (Å²) in [5, 5.41) is 7.81. The van der Waals surface area contributed by atoms with Crippen LogP contribution >= 0.6 is 0 Å². The van der Waals surface area contributed by atoms with Crippen molar-refractivity contribution in [1.82, 2.24) is 15.3 Å². The van der Waals surface area contributed by atoms with E-state index < -0.39 is 0 Å². The molecule has 5 aromatic rings. The van der Waals surface area contributed by atoms with Gasteiger partial charge in [-0.3, -0.25) is 9.78 Å². The Balaban J connectivity index is 1.66. The second kappa shape index (κ2) is 7.06. The zero-order valence-electron chi connectivity index (χ0n) is 16.1. The van der Waals surface area contributed by atoms with Gasteiger partial charge in [0.1, 0.15) is 0 Å². The van der Waals surface area contributed by atoms with Crippen molar-refractivity contribution in [2.45, 2.75) is 19.4 Å². The number of carbonyl (C=O) groups excluding carboxylic acids is 1. The first-order valence-corrected chi connectivity index (χ1v) is 9.80. The molecule has 4 nitrogen and oxygen atoms in total. The second-order valence-electron chi connectivity index (χ2n) is 7.38. The van der Waals surface area contributed by atoms with E-state index in [1.54, 1.807) is 6.92 Å². The molecule has 0 fully saturated rings. The second-order valence-corrected chi connectivity index (χ2v) is 7.38. The Labute approximate surface area is 168 Å². The molecule has 1 atom stereocenters. The molecule has 29 heavy (non-hydrogen) atoms. The van der Waals surface area contributed by atoms with Gasteiger partial charge in [-0.1, -0.05) is 60.7 Å². The highest BCUT2D eigenvalue weighted by atomic mass is 16.1.